The third kappa shape index (κ3) is 3.85. The van der Waals surface area contributed by atoms with Crippen molar-refractivity contribution in [1.82, 2.24) is 15.1 Å². The number of benzene rings is 2. The minimum Gasteiger partial charge on any atom is -0.497 e. The Morgan fingerprint density at radius 3 is 2.76 bits per heavy atom. The Balaban J connectivity index is 1.47. The van der Waals surface area contributed by atoms with E-state index in [0.717, 1.165) is 35.4 Å². The van der Waals surface area contributed by atoms with Crippen LogP contribution in [0.3, 0.4) is 0 Å². The highest BCUT2D eigenvalue weighted by Gasteiger charge is 2.27. The van der Waals surface area contributed by atoms with Crippen LogP contribution in [-0.4, -0.2) is 41.2 Å². The minimum atomic E-state index is -0.0156. The van der Waals surface area contributed by atoms with Crippen LogP contribution in [0.5, 0.6) is 5.75 Å². The number of aromatic amines is 1. The zero-order valence-corrected chi connectivity index (χ0v) is 16.3. The molecule has 1 amide bonds. The number of H-pyrrole nitrogens is 1. The molecule has 1 aliphatic rings. The maximum atomic E-state index is 12.8. The Labute approximate surface area is 169 Å². The maximum Gasteiger partial charge on any atom is 0.253 e. The predicted molar refractivity (Wildman–Crippen MR) is 110 cm³/mol. The lowest BCUT2D eigenvalue weighted by Gasteiger charge is -2.32. The Morgan fingerprint density at radius 2 is 2.00 bits per heavy atom. The summed E-state index contributed by atoms with van der Waals surface area (Å²) in [5.41, 5.74) is 4.33. The van der Waals surface area contributed by atoms with Gasteiger partial charge in [0.05, 0.1) is 24.9 Å². The molecule has 1 aromatic heterocycles. The number of amides is 1. The molecule has 2 heterocycles. The van der Waals surface area contributed by atoms with Crippen molar-refractivity contribution in [3.8, 4) is 22.9 Å². The number of nitriles is 1. The third-order valence-electron chi connectivity index (χ3n) is 5.48. The topological polar surface area (TPSA) is 82.0 Å². The number of hydrogen-bond donors (Lipinski definition) is 1. The van der Waals surface area contributed by atoms with E-state index in [2.05, 4.69) is 22.3 Å². The molecule has 0 atom stereocenters. The van der Waals surface area contributed by atoms with Crippen molar-refractivity contribution in [3.63, 3.8) is 0 Å². The molecule has 1 fully saturated rings. The molecule has 0 aliphatic carbocycles. The number of carbonyl (C=O) groups excluding carboxylic acids is 1. The molecule has 0 saturated carbocycles. The van der Waals surface area contributed by atoms with Crippen LogP contribution in [0.25, 0.3) is 11.1 Å². The van der Waals surface area contributed by atoms with E-state index in [-0.39, 0.29) is 5.91 Å². The van der Waals surface area contributed by atoms with Gasteiger partial charge in [-0.2, -0.15) is 10.4 Å². The summed E-state index contributed by atoms with van der Waals surface area (Å²) in [5.74, 6) is 1.11. The van der Waals surface area contributed by atoms with Gasteiger partial charge in [-0.1, -0.05) is 18.2 Å². The van der Waals surface area contributed by atoms with E-state index in [4.69, 9.17) is 10.00 Å². The average molecular weight is 386 g/mol. The van der Waals surface area contributed by atoms with Gasteiger partial charge in [-0.25, -0.2) is 0 Å². The van der Waals surface area contributed by atoms with Gasteiger partial charge in [-0.05, 0) is 48.7 Å². The number of piperidine rings is 1. The van der Waals surface area contributed by atoms with Crippen molar-refractivity contribution in [2.75, 3.05) is 20.2 Å². The monoisotopic (exact) mass is 386 g/mol. The van der Waals surface area contributed by atoms with Crippen LogP contribution in [0.4, 0.5) is 0 Å². The number of nitrogens with zero attached hydrogens (tertiary/aromatic N) is 3. The lowest BCUT2D eigenvalue weighted by atomic mass is 9.89. The van der Waals surface area contributed by atoms with Crippen LogP contribution in [0.1, 0.15) is 40.4 Å². The van der Waals surface area contributed by atoms with Gasteiger partial charge in [0.25, 0.3) is 5.91 Å². The number of nitrogens with one attached hydrogen (secondary N) is 1. The van der Waals surface area contributed by atoms with Crippen LogP contribution in [-0.2, 0) is 0 Å². The third-order valence-corrected chi connectivity index (χ3v) is 5.48. The lowest BCUT2D eigenvalue weighted by molar-refractivity contribution is 0.0712. The number of aromatic nitrogens is 2. The van der Waals surface area contributed by atoms with Crippen LogP contribution in [0.15, 0.2) is 54.7 Å². The molecular formula is C23H22N4O2. The van der Waals surface area contributed by atoms with Gasteiger partial charge >= 0.3 is 0 Å². The summed E-state index contributed by atoms with van der Waals surface area (Å²) in [6, 6.07) is 16.9. The molecule has 29 heavy (non-hydrogen) atoms. The van der Waals surface area contributed by atoms with E-state index < -0.39 is 0 Å². The standard InChI is InChI=1S/C23H22N4O2/c1-29-20-7-3-5-18(13-20)21-15-25-26-22(21)17-8-10-27(11-9-17)23(28)19-6-2-4-16(12-19)14-24/h2-7,12-13,15,17H,8-11H2,1H3,(H,25,26). The molecule has 1 aliphatic heterocycles. The van der Waals surface area contributed by atoms with Crippen molar-refractivity contribution in [2.24, 2.45) is 0 Å². The molecule has 4 rings (SSSR count). The molecule has 3 aromatic rings. The SMILES string of the molecule is COc1cccc(-c2cn[nH]c2C2CCN(C(=O)c3cccc(C#N)c3)CC2)c1. The smallest absolute Gasteiger partial charge is 0.253 e. The molecule has 0 unspecified atom stereocenters. The van der Waals surface area contributed by atoms with Gasteiger partial charge in [0.15, 0.2) is 0 Å². The highest BCUT2D eigenvalue weighted by molar-refractivity contribution is 5.94. The minimum absolute atomic E-state index is 0.0156. The predicted octanol–water partition coefficient (Wildman–Crippen LogP) is 3.98. The summed E-state index contributed by atoms with van der Waals surface area (Å²) >= 11 is 0. The molecular weight excluding hydrogens is 364 g/mol. The molecule has 1 N–H and O–H groups in total. The normalized spacial score (nSPS) is 14.4. The highest BCUT2D eigenvalue weighted by Crippen LogP contribution is 2.35. The van der Waals surface area contributed by atoms with Gasteiger partial charge < -0.3 is 9.64 Å². The number of likely N-dealkylation sites (tertiary alicyclic amines) is 1. The summed E-state index contributed by atoms with van der Waals surface area (Å²) in [5, 5.41) is 16.5. The van der Waals surface area contributed by atoms with E-state index in [9.17, 15) is 4.79 Å². The summed E-state index contributed by atoms with van der Waals surface area (Å²) in [6.07, 6.45) is 3.58. The Morgan fingerprint density at radius 1 is 1.21 bits per heavy atom. The Kier molecular flexibility index (Phi) is 5.30. The first-order valence-corrected chi connectivity index (χ1v) is 9.66. The fourth-order valence-electron chi connectivity index (χ4n) is 3.90. The van der Waals surface area contributed by atoms with Crippen molar-refractivity contribution < 1.29 is 9.53 Å². The Hall–Kier alpha value is -3.59. The zero-order chi connectivity index (χ0) is 20.2. The number of rotatable bonds is 4. The van der Waals surface area contributed by atoms with E-state index in [1.165, 1.54) is 0 Å². The van der Waals surface area contributed by atoms with Crippen LogP contribution in [0, 0.1) is 11.3 Å². The van der Waals surface area contributed by atoms with Crippen molar-refractivity contribution in [3.05, 3.63) is 71.5 Å². The van der Waals surface area contributed by atoms with E-state index >= 15 is 0 Å². The number of methoxy groups -OCH3 is 1. The second-order valence-corrected chi connectivity index (χ2v) is 7.19. The van der Waals surface area contributed by atoms with Crippen molar-refractivity contribution in [1.29, 1.82) is 5.26 Å². The van der Waals surface area contributed by atoms with Gasteiger partial charge in [0, 0.05) is 35.8 Å². The number of carbonyl (C=O) groups is 1. The summed E-state index contributed by atoms with van der Waals surface area (Å²) in [6.45, 7) is 1.35. The number of hydrogen-bond acceptors (Lipinski definition) is 4. The first-order valence-electron chi connectivity index (χ1n) is 9.66. The van der Waals surface area contributed by atoms with E-state index in [1.54, 1.807) is 31.4 Å². The van der Waals surface area contributed by atoms with E-state index in [1.807, 2.05) is 29.3 Å². The first kappa shape index (κ1) is 18.8. The molecule has 0 bridgehead atoms. The highest BCUT2D eigenvalue weighted by atomic mass is 16.5. The molecule has 0 radical (unpaired) electrons. The molecule has 6 nitrogen and oxygen atoms in total. The van der Waals surface area contributed by atoms with E-state index in [0.29, 0.717) is 30.1 Å². The molecule has 6 heteroatoms. The summed E-state index contributed by atoms with van der Waals surface area (Å²) < 4.78 is 5.34. The fourth-order valence-corrected chi connectivity index (χ4v) is 3.90. The summed E-state index contributed by atoms with van der Waals surface area (Å²) in [7, 11) is 1.66. The van der Waals surface area contributed by atoms with Gasteiger partial charge in [-0.3, -0.25) is 9.89 Å². The van der Waals surface area contributed by atoms with Crippen LogP contribution in [0.2, 0.25) is 0 Å². The second-order valence-electron chi connectivity index (χ2n) is 7.19. The zero-order valence-electron chi connectivity index (χ0n) is 16.3. The first-order chi connectivity index (χ1) is 14.2. The Bertz CT molecular complexity index is 1060. The van der Waals surface area contributed by atoms with Gasteiger partial charge in [-0.15, -0.1) is 0 Å². The van der Waals surface area contributed by atoms with Crippen molar-refractivity contribution in [2.45, 2.75) is 18.8 Å². The van der Waals surface area contributed by atoms with Crippen LogP contribution < -0.4 is 4.74 Å². The quantitative estimate of drug-likeness (QED) is 0.735. The van der Waals surface area contributed by atoms with Crippen molar-refractivity contribution >= 4 is 5.91 Å². The van der Waals surface area contributed by atoms with Crippen LogP contribution >= 0.6 is 0 Å². The van der Waals surface area contributed by atoms with Gasteiger partial charge in [0.1, 0.15) is 5.75 Å². The fraction of sp³-hybridized carbons (Fsp3) is 0.261. The molecule has 2 aromatic carbocycles. The average Bonchev–Trinajstić information content (AvgIpc) is 3.29. The second kappa shape index (κ2) is 8.19. The largest absolute Gasteiger partial charge is 0.497 e. The molecule has 146 valence electrons. The number of ether oxygens (including phenoxy) is 1. The lowest BCUT2D eigenvalue weighted by Crippen LogP contribution is -2.38. The van der Waals surface area contributed by atoms with Gasteiger partial charge in [0.2, 0.25) is 0 Å². The summed E-state index contributed by atoms with van der Waals surface area (Å²) in [4.78, 5) is 14.7. The molecule has 0 spiro atoms. The maximum absolute atomic E-state index is 12.8. The molecule has 1 saturated heterocycles.